The summed E-state index contributed by atoms with van der Waals surface area (Å²) >= 11 is 1.47. The molecule has 1 heterocycles. The molecule has 0 fully saturated rings. The first-order chi connectivity index (χ1) is 12.1. The Morgan fingerprint density at radius 1 is 1.00 bits per heavy atom. The number of aromatic nitrogens is 1. The largest absolute Gasteiger partial charge is 0.326 e. The third-order valence-electron chi connectivity index (χ3n) is 3.38. The van der Waals surface area contributed by atoms with E-state index in [0.717, 1.165) is 27.6 Å². The third-order valence-corrected chi connectivity index (χ3v) is 4.32. The van der Waals surface area contributed by atoms with E-state index < -0.39 is 0 Å². The smallest absolute Gasteiger partial charge is 0.230 e. The molecule has 0 aliphatic rings. The number of rotatable bonds is 5. The van der Waals surface area contributed by atoms with Gasteiger partial charge < -0.3 is 10.6 Å². The van der Waals surface area contributed by atoms with Crippen molar-refractivity contribution in [1.29, 1.82) is 0 Å². The van der Waals surface area contributed by atoms with Crippen molar-refractivity contribution in [3.05, 3.63) is 65.7 Å². The van der Waals surface area contributed by atoms with Crippen molar-refractivity contribution in [2.45, 2.75) is 13.3 Å². The van der Waals surface area contributed by atoms with Gasteiger partial charge in [0.1, 0.15) is 5.01 Å². The predicted octanol–water partition coefficient (Wildman–Crippen LogP) is 3.95. The fourth-order valence-electron chi connectivity index (χ4n) is 2.35. The molecular formula is C19H17N3O2S. The number of amides is 2. The van der Waals surface area contributed by atoms with Gasteiger partial charge in [-0.25, -0.2) is 4.98 Å². The number of nitrogens with one attached hydrogen (secondary N) is 2. The number of hydrogen-bond donors (Lipinski definition) is 2. The van der Waals surface area contributed by atoms with Gasteiger partial charge in [-0.15, -0.1) is 11.3 Å². The summed E-state index contributed by atoms with van der Waals surface area (Å²) in [6, 6.07) is 16.8. The number of hydrogen-bond acceptors (Lipinski definition) is 4. The van der Waals surface area contributed by atoms with Crippen molar-refractivity contribution >= 4 is 34.5 Å². The highest BCUT2D eigenvalue weighted by atomic mass is 32.1. The highest BCUT2D eigenvalue weighted by Gasteiger charge is 2.10. The fraction of sp³-hybridized carbons (Fsp3) is 0.105. The van der Waals surface area contributed by atoms with E-state index in [4.69, 9.17) is 0 Å². The van der Waals surface area contributed by atoms with Crippen LogP contribution in [0.4, 0.5) is 11.4 Å². The van der Waals surface area contributed by atoms with Gasteiger partial charge in [-0.3, -0.25) is 9.59 Å². The maximum atomic E-state index is 12.1. The molecule has 1 aromatic heterocycles. The van der Waals surface area contributed by atoms with Crippen LogP contribution < -0.4 is 10.6 Å². The van der Waals surface area contributed by atoms with E-state index in [1.54, 1.807) is 0 Å². The lowest BCUT2D eigenvalue weighted by molar-refractivity contribution is -0.116. The first-order valence-corrected chi connectivity index (χ1v) is 8.65. The molecule has 5 nitrogen and oxygen atoms in total. The average molecular weight is 351 g/mol. The molecule has 0 aliphatic heterocycles. The van der Waals surface area contributed by atoms with Crippen molar-refractivity contribution in [2.75, 3.05) is 10.6 Å². The fourth-order valence-corrected chi connectivity index (χ4v) is 3.16. The van der Waals surface area contributed by atoms with Crippen LogP contribution in [0, 0.1) is 0 Å². The van der Waals surface area contributed by atoms with E-state index in [9.17, 15) is 9.59 Å². The zero-order valence-corrected chi connectivity index (χ0v) is 14.5. The van der Waals surface area contributed by atoms with Crippen LogP contribution in [0.3, 0.4) is 0 Å². The van der Waals surface area contributed by atoms with Crippen LogP contribution in [-0.2, 0) is 16.0 Å². The van der Waals surface area contributed by atoms with Crippen molar-refractivity contribution in [3.63, 3.8) is 0 Å². The van der Waals surface area contributed by atoms with Crippen LogP contribution in [0.1, 0.15) is 12.6 Å². The summed E-state index contributed by atoms with van der Waals surface area (Å²) in [6.45, 7) is 1.47. The molecule has 2 N–H and O–H groups in total. The molecule has 0 spiro atoms. The number of benzene rings is 2. The Hall–Kier alpha value is -2.99. The van der Waals surface area contributed by atoms with E-state index in [-0.39, 0.29) is 18.2 Å². The number of carbonyl (C=O) groups excluding carboxylic acids is 2. The standard InChI is InChI=1S/C19H17N3O2S/c1-13(23)20-16-9-5-6-14(10-16)19-22-17(12-25-19)11-18(24)21-15-7-3-2-4-8-15/h2-10,12H,11H2,1H3,(H,20,23)(H,21,24). The van der Waals surface area contributed by atoms with Gasteiger partial charge in [0.15, 0.2) is 0 Å². The second kappa shape index (κ2) is 7.72. The molecule has 0 aliphatic carbocycles. The Labute approximate surface area is 149 Å². The molecule has 3 aromatic rings. The van der Waals surface area contributed by atoms with E-state index in [1.807, 2.05) is 60.0 Å². The lowest BCUT2D eigenvalue weighted by atomic mass is 10.2. The summed E-state index contributed by atoms with van der Waals surface area (Å²) in [4.78, 5) is 27.8. The molecule has 2 amide bonds. The van der Waals surface area contributed by atoms with Crippen LogP contribution in [0.15, 0.2) is 60.0 Å². The van der Waals surface area contributed by atoms with Gasteiger partial charge in [0.25, 0.3) is 0 Å². The van der Waals surface area contributed by atoms with E-state index >= 15 is 0 Å². The van der Waals surface area contributed by atoms with Crippen molar-refractivity contribution < 1.29 is 9.59 Å². The Morgan fingerprint density at radius 3 is 2.52 bits per heavy atom. The van der Waals surface area contributed by atoms with Gasteiger partial charge in [0.05, 0.1) is 12.1 Å². The maximum absolute atomic E-state index is 12.1. The normalized spacial score (nSPS) is 10.3. The monoisotopic (exact) mass is 351 g/mol. The Balaban J connectivity index is 1.68. The number of carbonyl (C=O) groups is 2. The molecule has 0 radical (unpaired) electrons. The van der Waals surface area contributed by atoms with E-state index in [2.05, 4.69) is 15.6 Å². The Kier molecular flexibility index (Phi) is 5.20. The number of nitrogens with zero attached hydrogens (tertiary/aromatic N) is 1. The molecule has 6 heteroatoms. The molecule has 0 saturated carbocycles. The molecule has 0 atom stereocenters. The first-order valence-electron chi connectivity index (χ1n) is 7.77. The van der Waals surface area contributed by atoms with E-state index in [0.29, 0.717) is 0 Å². The molecular weight excluding hydrogens is 334 g/mol. The van der Waals surface area contributed by atoms with Crippen LogP contribution in [-0.4, -0.2) is 16.8 Å². The molecule has 126 valence electrons. The lowest BCUT2D eigenvalue weighted by Crippen LogP contribution is -2.14. The minimum Gasteiger partial charge on any atom is -0.326 e. The SMILES string of the molecule is CC(=O)Nc1cccc(-c2nc(CC(=O)Nc3ccccc3)cs2)c1. The van der Waals surface area contributed by atoms with Gasteiger partial charge in [-0.1, -0.05) is 30.3 Å². The summed E-state index contributed by atoms with van der Waals surface area (Å²) < 4.78 is 0. The average Bonchev–Trinajstić information content (AvgIpc) is 3.04. The van der Waals surface area contributed by atoms with Crippen LogP contribution >= 0.6 is 11.3 Å². The minimum atomic E-state index is -0.116. The van der Waals surface area contributed by atoms with Gasteiger partial charge in [-0.2, -0.15) is 0 Å². The second-order valence-corrected chi connectivity index (χ2v) is 6.36. The van der Waals surface area contributed by atoms with Gasteiger partial charge in [-0.05, 0) is 24.3 Å². The van der Waals surface area contributed by atoms with Crippen molar-refractivity contribution in [1.82, 2.24) is 4.98 Å². The molecule has 25 heavy (non-hydrogen) atoms. The molecule has 3 rings (SSSR count). The van der Waals surface area contributed by atoms with Crippen LogP contribution in [0.5, 0.6) is 0 Å². The number of para-hydroxylation sites is 1. The molecule has 0 bridgehead atoms. The quantitative estimate of drug-likeness (QED) is 0.731. The Bertz CT molecular complexity index is 890. The lowest BCUT2D eigenvalue weighted by Gasteiger charge is -2.04. The second-order valence-electron chi connectivity index (χ2n) is 5.50. The number of thiazole rings is 1. The van der Waals surface area contributed by atoms with Crippen LogP contribution in [0.2, 0.25) is 0 Å². The van der Waals surface area contributed by atoms with Gasteiger partial charge in [0, 0.05) is 29.2 Å². The topological polar surface area (TPSA) is 71.1 Å². The van der Waals surface area contributed by atoms with Gasteiger partial charge >= 0.3 is 0 Å². The molecule has 0 saturated heterocycles. The summed E-state index contributed by atoms with van der Waals surface area (Å²) in [7, 11) is 0. The van der Waals surface area contributed by atoms with Crippen molar-refractivity contribution in [3.8, 4) is 10.6 Å². The maximum Gasteiger partial charge on any atom is 0.230 e. The minimum absolute atomic E-state index is 0.102. The zero-order valence-electron chi connectivity index (χ0n) is 13.7. The number of anilines is 2. The molecule has 0 unspecified atom stereocenters. The highest BCUT2D eigenvalue weighted by Crippen LogP contribution is 2.26. The first kappa shape index (κ1) is 16.9. The highest BCUT2D eigenvalue weighted by molar-refractivity contribution is 7.13. The van der Waals surface area contributed by atoms with Crippen molar-refractivity contribution in [2.24, 2.45) is 0 Å². The third kappa shape index (κ3) is 4.74. The summed E-state index contributed by atoms with van der Waals surface area (Å²) in [5.74, 6) is -0.218. The summed E-state index contributed by atoms with van der Waals surface area (Å²) in [6.07, 6.45) is 0.219. The van der Waals surface area contributed by atoms with Gasteiger partial charge in [0.2, 0.25) is 11.8 Å². The molecule has 2 aromatic carbocycles. The zero-order chi connectivity index (χ0) is 17.6. The summed E-state index contributed by atoms with van der Waals surface area (Å²) in [5.41, 5.74) is 3.12. The summed E-state index contributed by atoms with van der Waals surface area (Å²) in [5, 5.41) is 8.30. The predicted molar refractivity (Wildman–Crippen MR) is 101 cm³/mol. The van der Waals surface area contributed by atoms with E-state index in [1.165, 1.54) is 18.3 Å². The van der Waals surface area contributed by atoms with Crippen LogP contribution in [0.25, 0.3) is 10.6 Å². The Morgan fingerprint density at radius 2 is 1.76 bits per heavy atom.